The van der Waals surface area contributed by atoms with Crippen molar-refractivity contribution in [1.29, 1.82) is 0 Å². The lowest BCUT2D eigenvalue weighted by Gasteiger charge is -2.24. The van der Waals surface area contributed by atoms with Gasteiger partial charge in [-0.2, -0.15) is 0 Å². The molecule has 0 spiro atoms. The maximum Gasteiger partial charge on any atom is 0.247 e. The molecule has 8 nitrogen and oxygen atoms in total. The van der Waals surface area contributed by atoms with Gasteiger partial charge in [0.05, 0.1) is 17.0 Å². The number of nitrogens with two attached hydrogens (primary N) is 1. The Morgan fingerprint density at radius 3 is 2.46 bits per heavy atom. The van der Waals surface area contributed by atoms with Gasteiger partial charge in [-0.3, -0.25) is 0 Å². The number of benzene rings is 3. The first kappa shape index (κ1) is 26.7. The zero-order valence-corrected chi connectivity index (χ0v) is 21.4. The first-order valence-electron chi connectivity index (χ1n) is 11.2. The van der Waals surface area contributed by atoms with Crippen LogP contribution in [0.5, 0.6) is 17.2 Å². The Balaban J connectivity index is 1.46. The van der Waals surface area contributed by atoms with Gasteiger partial charge in [0.2, 0.25) is 11.8 Å². The van der Waals surface area contributed by atoms with Crippen molar-refractivity contribution in [2.75, 3.05) is 12.3 Å². The van der Waals surface area contributed by atoms with Gasteiger partial charge < -0.3 is 29.8 Å². The van der Waals surface area contributed by atoms with Crippen LogP contribution in [0, 0.1) is 5.82 Å². The fourth-order valence-corrected chi connectivity index (χ4v) is 3.66. The number of anilines is 1. The molecular formula is C26H24Cl2FN3O5. The van der Waals surface area contributed by atoms with Gasteiger partial charge in [0.25, 0.3) is 0 Å². The molecule has 0 fully saturated rings. The van der Waals surface area contributed by atoms with Gasteiger partial charge in [-0.05, 0) is 56.3 Å². The number of aliphatic hydroxyl groups is 2. The molecule has 1 aromatic heterocycles. The number of nitrogen functional groups attached to an aromatic ring is 1. The number of aromatic nitrogens is 2. The van der Waals surface area contributed by atoms with Crippen LogP contribution in [0.2, 0.25) is 10.0 Å². The molecule has 0 saturated carbocycles. The van der Waals surface area contributed by atoms with Crippen LogP contribution in [0.15, 0.2) is 59.0 Å². The SMILES string of the molecule is CC(C)(O)[C@@H](O)COc1ccc(-c2nnc(Cc3ccc(Cl)c(Oc4cc(N)cc(Cl)c4)c3F)o2)cc1. The number of aliphatic hydroxyl groups excluding tert-OH is 1. The molecule has 0 bridgehead atoms. The van der Waals surface area contributed by atoms with Crippen LogP contribution in [0.1, 0.15) is 25.3 Å². The first-order valence-corrected chi connectivity index (χ1v) is 11.9. The minimum absolute atomic E-state index is 0.0000747. The van der Waals surface area contributed by atoms with Crippen LogP contribution in [0.4, 0.5) is 10.1 Å². The third kappa shape index (κ3) is 6.69. The molecule has 37 heavy (non-hydrogen) atoms. The van der Waals surface area contributed by atoms with E-state index in [4.69, 9.17) is 42.8 Å². The zero-order chi connectivity index (χ0) is 26.7. The Hall–Kier alpha value is -3.37. The zero-order valence-electron chi connectivity index (χ0n) is 19.9. The van der Waals surface area contributed by atoms with Gasteiger partial charge in [-0.25, -0.2) is 4.39 Å². The predicted molar refractivity (Wildman–Crippen MR) is 138 cm³/mol. The Morgan fingerprint density at radius 2 is 1.78 bits per heavy atom. The summed E-state index contributed by atoms with van der Waals surface area (Å²) < 4.78 is 32.1. The average Bonchev–Trinajstić information content (AvgIpc) is 3.30. The van der Waals surface area contributed by atoms with Crippen LogP contribution < -0.4 is 15.2 Å². The second kappa shape index (κ2) is 10.9. The standard InChI is InChI=1S/C26H24Cl2FN3O5/c1-26(2,34)21(33)13-35-18-6-3-14(4-7-18)25-32-31-22(37-25)9-15-5-8-20(28)24(23(15)29)36-19-11-16(27)10-17(30)12-19/h3-8,10-12,21,33-34H,9,13,30H2,1-2H3/t21-/m0/s1. The molecule has 11 heteroatoms. The fraction of sp³-hybridized carbons (Fsp3) is 0.231. The largest absolute Gasteiger partial charge is 0.491 e. The summed E-state index contributed by atoms with van der Waals surface area (Å²) in [7, 11) is 0. The number of ether oxygens (including phenoxy) is 2. The van der Waals surface area contributed by atoms with E-state index in [1.165, 1.54) is 38.1 Å². The molecule has 1 heterocycles. The van der Waals surface area contributed by atoms with Crippen molar-refractivity contribution >= 4 is 28.9 Å². The maximum atomic E-state index is 15.3. The van der Waals surface area contributed by atoms with Gasteiger partial charge in [-0.1, -0.05) is 29.3 Å². The molecule has 0 unspecified atom stereocenters. The molecule has 3 aromatic carbocycles. The highest BCUT2D eigenvalue weighted by atomic mass is 35.5. The van der Waals surface area contributed by atoms with E-state index in [0.717, 1.165) is 0 Å². The van der Waals surface area contributed by atoms with Crippen molar-refractivity contribution in [3.8, 4) is 28.7 Å². The highest BCUT2D eigenvalue weighted by molar-refractivity contribution is 6.32. The minimum Gasteiger partial charge on any atom is -0.491 e. The Kier molecular flexibility index (Phi) is 7.89. The number of nitrogens with zero attached hydrogens (tertiary/aromatic N) is 2. The molecule has 0 saturated heterocycles. The molecule has 0 amide bonds. The number of hydrogen-bond acceptors (Lipinski definition) is 8. The third-order valence-corrected chi connectivity index (χ3v) is 5.89. The highest BCUT2D eigenvalue weighted by Crippen LogP contribution is 2.36. The monoisotopic (exact) mass is 547 g/mol. The first-order chi connectivity index (χ1) is 17.5. The third-order valence-electron chi connectivity index (χ3n) is 5.38. The second-order valence-corrected chi connectivity index (χ2v) is 9.70. The second-order valence-electron chi connectivity index (χ2n) is 8.85. The molecule has 4 N–H and O–H groups in total. The quantitative estimate of drug-likeness (QED) is 0.229. The van der Waals surface area contributed by atoms with E-state index in [9.17, 15) is 10.2 Å². The van der Waals surface area contributed by atoms with Gasteiger partial charge in [0, 0.05) is 27.9 Å². The Labute approximate surface area is 222 Å². The van der Waals surface area contributed by atoms with E-state index in [1.54, 1.807) is 30.3 Å². The van der Waals surface area contributed by atoms with Crippen LogP contribution in [0.3, 0.4) is 0 Å². The van der Waals surface area contributed by atoms with Crippen LogP contribution in [-0.2, 0) is 6.42 Å². The number of rotatable bonds is 9. The van der Waals surface area contributed by atoms with E-state index in [2.05, 4.69) is 10.2 Å². The Bertz CT molecular complexity index is 1370. The molecule has 194 valence electrons. The average molecular weight is 548 g/mol. The van der Waals surface area contributed by atoms with Crippen molar-refractivity contribution in [2.45, 2.75) is 32.0 Å². The number of halogens is 3. The van der Waals surface area contributed by atoms with Crippen molar-refractivity contribution in [3.63, 3.8) is 0 Å². The summed E-state index contributed by atoms with van der Waals surface area (Å²) in [4.78, 5) is 0. The van der Waals surface area contributed by atoms with Crippen molar-refractivity contribution < 1.29 is 28.5 Å². The van der Waals surface area contributed by atoms with Gasteiger partial charge in [-0.15, -0.1) is 10.2 Å². The van der Waals surface area contributed by atoms with E-state index in [-0.39, 0.29) is 46.9 Å². The van der Waals surface area contributed by atoms with Crippen molar-refractivity contribution in [2.24, 2.45) is 0 Å². The summed E-state index contributed by atoms with van der Waals surface area (Å²) >= 11 is 12.2. The van der Waals surface area contributed by atoms with Crippen LogP contribution in [0.25, 0.3) is 11.5 Å². The summed E-state index contributed by atoms with van der Waals surface area (Å²) in [6, 6.07) is 14.3. The maximum absolute atomic E-state index is 15.3. The molecular weight excluding hydrogens is 524 g/mol. The molecule has 4 rings (SSSR count). The summed E-state index contributed by atoms with van der Waals surface area (Å²) in [5.41, 5.74) is 5.71. The minimum atomic E-state index is -1.28. The van der Waals surface area contributed by atoms with E-state index >= 15 is 4.39 Å². The summed E-state index contributed by atoms with van der Waals surface area (Å²) in [5.74, 6) is 0.293. The summed E-state index contributed by atoms with van der Waals surface area (Å²) in [5, 5.41) is 28.1. The normalized spacial score (nSPS) is 12.4. The summed E-state index contributed by atoms with van der Waals surface area (Å²) in [6.45, 7) is 2.92. The lowest BCUT2D eigenvalue weighted by atomic mass is 10.0. The summed E-state index contributed by atoms with van der Waals surface area (Å²) in [6.07, 6.45) is -1.05. The smallest absolute Gasteiger partial charge is 0.247 e. The molecule has 0 aliphatic rings. The Morgan fingerprint density at radius 1 is 1.05 bits per heavy atom. The van der Waals surface area contributed by atoms with E-state index in [0.29, 0.717) is 22.0 Å². The lowest BCUT2D eigenvalue weighted by Crippen LogP contribution is -2.40. The number of hydrogen-bond donors (Lipinski definition) is 3. The molecule has 1 atom stereocenters. The fourth-order valence-electron chi connectivity index (χ4n) is 3.24. The molecule has 4 aromatic rings. The van der Waals surface area contributed by atoms with E-state index < -0.39 is 17.5 Å². The highest BCUT2D eigenvalue weighted by Gasteiger charge is 2.25. The van der Waals surface area contributed by atoms with Gasteiger partial charge in [0.15, 0.2) is 11.6 Å². The van der Waals surface area contributed by atoms with E-state index in [1.807, 2.05) is 0 Å². The van der Waals surface area contributed by atoms with Crippen LogP contribution in [-0.4, -0.2) is 38.7 Å². The van der Waals surface area contributed by atoms with Crippen molar-refractivity contribution in [1.82, 2.24) is 10.2 Å². The van der Waals surface area contributed by atoms with Crippen LogP contribution >= 0.6 is 23.2 Å². The predicted octanol–water partition coefficient (Wildman–Crippen LogP) is 5.66. The van der Waals surface area contributed by atoms with Gasteiger partial charge in [0.1, 0.15) is 24.2 Å². The molecule has 0 aliphatic heterocycles. The molecule has 0 radical (unpaired) electrons. The van der Waals surface area contributed by atoms with Gasteiger partial charge >= 0.3 is 0 Å². The topological polar surface area (TPSA) is 124 Å². The molecule has 0 aliphatic carbocycles. The lowest BCUT2D eigenvalue weighted by molar-refractivity contribution is -0.0661. The van der Waals surface area contributed by atoms with Crippen molar-refractivity contribution in [3.05, 3.63) is 81.9 Å².